The van der Waals surface area contributed by atoms with E-state index in [0.717, 1.165) is 39.6 Å². The predicted octanol–water partition coefficient (Wildman–Crippen LogP) is 4.75. The standard InChI is InChI=1S/C15H21Br2NO/c1-10-4-3-5-12(10)9-18-8-11-6-13(16)15(19-2)14(17)7-11/h6-7,10,12,18H,3-5,8-9H2,1-2H3. The Labute approximate surface area is 132 Å². The third kappa shape index (κ3) is 3.96. The van der Waals surface area contributed by atoms with Crippen LogP contribution in [0.1, 0.15) is 31.7 Å². The van der Waals surface area contributed by atoms with Crippen LogP contribution in [0.4, 0.5) is 0 Å². The van der Waals surface area contributed by atoms with Gasteiger partial charge in [0.25, 0.3) is 0 Å². The molecule has 0 aliphatic heterocycles. The Kier molecular flexibility index (Phi) is 5.72. The number of rotatable bonds is 5. The largest absolute Gasteiger partial charge is 0.494 e. The maximum atomic E-state index is 5.32. The predicted molar refractivity (Wildman–Crippen MR) is 86.6 cm³/mol. The van der Waals surface area contributed by atoms with Gasteiger partial charge >= 0.3 is 0 Å². The molecule has 106 valence electrons. The number of hydrogen-bond acceptors (Lipinski definition) is 2. The molecule has 0 spiro atoms. The second-order valence-corrected chi connectivity index (χ2v) is 7.10. The zero-order valence-electron chi connectivity index (χ0n) is 11.5. The fraction of sp³-hybridized carbons (Fsp3) is 0.600. The normalized spacial score (nSPS) is 22.7. The van der Waals surface area contributed by atoms with Crippen molar-refractivity contribution in [3.63, 3.8) is 0 Å². The Morgan fingerprint density at radius 2 is 1.95 bits per heavy atom. The summed E-state index contributed by atoms with van der Waals surface area (Å²) >= 11 is 7.09. The topological polar surface area (TPSA) is 21.3 Å². The molecule has 2 rings (SSSR count). The lowest BCUT2D eigenvalue weighted by Gasteiger charge is -2.16. The van der Waals surface area contributed by atoms with Gasteiger partial charge in [-0.15, -0.1) is 0 Å². The SMILES string of the molecule is COc1c(Br)cc(CNCC2CCCC2C)cc1Br. The van der Waals surface area contributed by atoms with Crippen molar-refractivity contribution >= 4 is 31.9 Å². The summed E-state index contributed by atoms with van der Waals surface area (Å²) in [6.45, 7) is 4.41. The van der Waals surface area contributed by atoms with Crippen molar-refractivity contribution in [2.24, 2.45) is 11.8 Å². The Morgan fingerprint density at radius 3 is 2.47 bits per heavy atom. The van der Waals surface area contributed by atoms with Crippen molar-refractivity contribution in [1.29, 1.82) is 0 Å². The summed E-state index contributed by atoms with van der Waals surface area (Å²) in [6, 6.07) is 4.24. The van der Waals surface area contributed by atoms with Gasteiger partial charge in [-0.1, -0.05) is 19.8 Å². The molecule has 1 saturated carbocycles. The van der Waals surface area contributed by atoms with E-state index in [4.69, 9.17) is 4.74 Å². The first-order chi connectivity index (χ1) is 9.11. The van der Waals surface area contributed by atoms with E-state index < -0.39 is 0 Å². The third-order valence-corrected chi connectivity index (χ3v) is 5.22. The van der Waals surface area contributed by atoms with Gasteiger partial charge in [-0.25, -0.2) is 0 Å². The number of hydrogen-bond donors (Lipinski definition) is 1. The minimum absolute atomic E-state index is 0.852. The van der Waals surface area contributed by atoms with Crippen LogP contribution in [-0.4, -0.2) is 13.7 Å². The van der Waals surface area contributed by atoms with E-state index >= 15 is 0 Å². The van der Waals surface area contributed by atoms with Crippen LogP contribution in [0.3, 0.4) is 0 Å². The van der Waals surface area contributed by atoms with Gasteiger partial charge in [0.15, 0.2) is 0 Å². The van der Waals surface area contributed by atoms with E-state index in [1.165, 1.54) is 24.8 Å². The molecule has 1 aliphatic rings. The van der Waals surface area contributed by atoms with Crippen molar-refractivity contribution in [3.05, 3.63) is 26.6 Å². The van der Waals surface area contributed by atoms with Crippen molar-refractivity contribution in [2.45, 2.75) is 32.7 Å². The fourth-order valence-corrected chi connectivity index (χ4v) is 4.44. The van der Waals surface area contributed by atoms with Crippen molar-refractivity contribution in [1.82, 2.24) is 5.32 Å². The molecule has 1 aromatic carbocycles. The van der Waals surface area contributed by atoms with Crippen LogP contribution in [0.5, 0.6) is 5.75 Å². The number of methoxy groups -OCH3 is 1. The van der Waals surface area contributed by atoms with Crippen LogP contribution in [0.2, 0.25) is 0 Å². The Hall–Kier alpha value is -0.0600. The summed E-state index contributed by atoms with van der Waals surface area (Å²) in [5, 5.41) is 3.58. The van der Waals surface area contributed by atoms with E-state index in [9.17, 15) is 0 Å². The van der Waals surface area contributed by atoms with Crippen LogP contribution in [0, 0.1) is 11.8 Å². The van der Waals surface area contributed by atoms with Gasteiger partial charge in [0.1, 0.15) is 5.75 Å². The lowest BCUT2D eigenvalue weighted by atomic mass is 9.98. The molecule has 1 aromatic rings. The zero-order chi connectivity index (χ0) is 13.8. The Morgan fingerprint density at radius 1 is 1.26 bits per heavy atom. The number of halogens is 2. The van der Waals surface area contributed by atoms with Gasteiger partial charge in [-0.3, -0.25) is 0 Å². The molecule has 0 amide bonds. The van der Waals surface area contributed by atoms with E-state index in [2.05, 4.69) is 56.2 Å². The molecule has 0 aromatic heterocycles. The van der Waals surface area contributed by atoms with Crippen LogP contribution < -0.4 is 10.1 Å². The quantitative estimate of drug-likeness (QED) is 0.783. The lowest BCUT2D eigenvalue weighted by Crippen LogP contribution is -2.23. The molecular formula is C15H21Br2NO. The molecule has 2 unspecified atom stereocenters. The number of nitrogens with one attached hydrogen (secondary N) is 1. The second-order valence-electron chi connectivity index (χ2n) is 5.39. The minimum Gasteiger partial charge on any atom is -0.494 e. The molecule has 2 nitrogen and oxygen atoms in total. The zero-order valence-corrected chi connectivity index (χ0v) is 14.7. The molecule has 0 bridgehead atoms. The first kappa shape index (κ1) is 15.3. The Bertz CT molecular complexity index is 413. The van der Waals surface area contributed by atoms with Gasteiger partial charge in [0.2, 0.25) is 0 Å². The van der Waals surface area contributed by atoms with Gasteiger partial charge < -0.3 is 10.1 Å². The second kappa shape index (κ2) is 7.09. The summed E-state index contributed by atoms with van der Waals surface area (Å²) in [7, 11) is 1.68. The fourth-order valence-electron chi connectivity index (χ4n) is 2.84. The van der Waals surface area contributed by atoms with Crippen molar-refractivity contribution in [3.8, 4) is 5.75 Å². The molecule has 1 fully saturated rings. The van der Waals surface area contributed by atoms with Crippen LogP contribution in [0.25, 0.3) is 0 Å². The van der Waals surface area contributed by atoms with E-state index in [1.54, 1.807) is 7.11 Å². The molecular weight excluding hydrogens is 370 g/mol. The maximum Gasteiger partial charge on any atom is 0.147 e. The first-order valence-corrected chi connectivity index (χ1v) is 8.43. The Balaban J connectivity index is 1.89. The smallest absolute Gasteiger partial charge is 0.147 e. The maximum absolute atomic E-state index is 5.32. The van der Waals surface area contributed by atoms with E-state index in [1.807, 2.05) is 0 Å². The summed E-state index contributed by atoms with van der Waals surface area (Å²) in [5.41, 5.74) is 1.27. The number of ether oxygens (including phenoxy) is 1. The first-order valence-electron chi connectivity index (χ1n) is 6.84. The number of benzene rings is 1. The minimum atomic E-state index is 0.852. The van der Waals surface area contributed by atoms with Gasteiger partial charge in [-0.05, 0) is 74.4 Å². The summed E-state index contributed by atoms with van der Waals surface area (Å²) < 4.78 is 7.31. The van der Waals surface area contributed by atoms with Crippen molar-refractivity contribution < 1.29 is 4.74 Å². The molecule has 0 radical (unpaired) electrons. The highest BCUT2D eigenvalue weighted by Crippen LogP contribution is 2.34. The van der Waals surface area contributed by atoms with E-state index in [0.29, 0.717) is 0 Å². The average molecular weight is 391 g/mol. The molecule has 19 heavy (non-hydrogen) atoms. The molecule has 2 atom stereocenters. The van der Waals surface area contributed by atoms with E-state index in [-0.39, 0.29) is 0 Å². The van der Waals surface area contributed by atoms with Crippen molar-refractivity contribution in [2.75, 3.05) is 13.7 Å². The highest BCUT2D eigenvalue weighted by atomic mass is 79.9. The highest BCUT2D eigenvalue weighted by Gasteiger charge is 2.22. The van der Waals surface area contributed by atoms with Crippen LogP contribution in [0.15, 0.2) is 21.1 Å². The molecule has 0 saturated heterocycles. The van der Waals surface area contributed by atoms with Gasteiger partial charge in [0, 0.05) is 6.54 Å². The molecule has 4 heteroatoms. The van der Waals surface area contributed by atoms with Crippen LogP contribution >= 0.6 is 31.9 Å². The molecule has 1 N–H and O–H groups in total. The molecule has 1 aliphatic carbocycles. The monoisotopic (exact) mass is 389 g/mol. The van der Waals surface area contributed by atoms with Gasteiger partial charge in [0.05, 0.1) is 16.1 Å². The summed E-state index contributed by atoms with van der Waals surface area (Å²) in [4.78, 5) is 0. The lowest BCUT2D eigenvalue weighted by molar-refractivity contribution is 0.391. The van der Waals surface area contributed by atoms with Crippen LogP contribution in [-0.2, 0) is 6.54 Å². The molecule has 0 heterocycles. The van der Waals surface area contributed by atoms with Gasteiger partial charge in [-0.2, -0.15) is 0 Å². The summed E-state index contributed by atoms with van der Waals surface area (Å²) in [5.74, 6) is 2.58. The third-order valence-electron chi connectivity index (χ3n) is 4.04. The average Bonchev–Trinajstić information content (AvgIpc) is 2.75. The highest BCUT2D eigenvalue weighted by molar-refractivity contribution is 9.11. The summed E-state index contributed by atoms with van der Waals surface area (Å²) in [6.07, 6.45) is 4.17.